The van der Waals surface area contributed by atoms with Gasteiger partial charge in [-0.1, -0.05) is 54.6 Å². The fourth-order valence-electron chi connectivity index (χ4n) is 3.17. The number of hydrogen-bond donors (Lipinski definition) is 1. The van der Waals surface area contributed by atoms with Gasteiger partial charge in [-0.3, -0.25) is 14.7 Å². The Morgan fingerprint density at radius 2 is 1.59 bits per heavy atom. The van der Waals surface area contributed by atoms with Crippen LogP contribution in [0.25, 0.3) is 10.8 Å². The number of anilines is 1. The third-order valence-corrected chi connectivity index (χ3v) is 4.48. The first-order valence-electron chi connectivity index (χ1n) is 8.71. The number of carbonyl (C=O) groups excluding carboxylic acids is 1. The first kappa shape index (κ1) is 16.8. The summed E-state index contributed by atoms with van der Waals surface area (Å²) in [5.41, 5.74) is 1.79. The van der Waals surface area contributed by atoms with Crippen LogP contribution >= 0.6 is 0 Å². The number of rotatable bonds is 4. The Bertz CT molecular complexity index is 1090. The minimum absolute atomic E-state index is 0.0574. The molecule has 3 aromatic carbocycles. The summed E-state index contributed by atoms with van der Waals surface area (Å²) in [6, 6.07) is 25.9. The molecule has 0 bridgehead atoms. The van der Waals surface area contributed by atoms with Crippen LogP contribution in [0.1, 0.15) is 16.1 Å². The predicted molar refractivity (Wildman–Crippen MR) is 107 cm³/mol. The highest BCUT2D eigenvalue weighted by atomic mass is 16.3. The van der Waals surface area contributed by atoms with Gasteiger partial charge in [0.1, 0.15) is 5.75 Å². The second-order valence-electron chi connectivity index (χ2n) is 6.23. The number of aromatic nitrogens is 1. The number of phenolic OH excluding ortho intramolecular Hbond substituents is 1. The summed E-state index contributed by atoms with van der Waals surface area (Å²) in [6.07, 6.45) is 1.70. The van der Waals surface area contributed by atoms with Crippen LogP contribution < -0.4 is 4.90 Å². The van der Waals surface area contributed by atoms with Gasteiger partial charge in [-0.15, -0.1) is 0 Å². The molecule has 0 radical (unpaired) electrons. The average Bonchev–Trinajstić information content (AvgIpc) is 2.72. The van der Waals surface area contributed by atoms with Crippen molar-refractivity contribution in [1.82, 2.24) is 4.98 Å². The van der Waals surface area contributed by atoms with E-state index in [2.05, 4.69) is 4.98 Å². The van der Waals surface area contributed by atoms with Gasteiger partial charge in [-0.25, -0.2) is 0 Å². The Hall–Kier alpha value is -3.66. The van der Waals surface area contributed by atoms with Crippen LogP contribution in [-0.4, -0.2) is 16.0 Å². The van der Waals surface area contributed by atoms with Crippen LogP contribution in [0.3, 0.4) is 0 Å². The molecule has 1 N–H and O–H groups in total. The lowest BCUT2D eigenvalue weighted by molar-refractivity contribution is 0.0985. The molecular formula is C23H18N2O2. The van der Waals surface area contributed by atoms with Crippen molar-refractivity contribution in [2.75, 3.05) is 4.90 Å². The van der Waals surface area contributed by atoms with E-state index < -0.39 is 0 Å². The van der Waals surface area contributed by atoms with E-state index in [-0.39, 0.29) is 18.2 Å². The van der Waals surface area contributed by atoms with E-state index in [1.54, 1.807) is 35.4 Å². The molecule has 0 atom stereocenters. The summed E-state index contributed by atoms with van der Waals surface area (Å²) in [5.74, 6) is -0.124. The zero-order chi connectivity index (χ0) is 18.6. The molecule has 1 aromatic heterocycles. The van der Waals surface area contributed by atoms with E-state index in [0.717, 1.165) is 16.5 Å². The van der Waals surface area contributed by atoms with Crippen molar-refractivity contribution in [1.29, 1.82) is 0 Å². The third kappa shape index (κ3) is 3.37. The number of phenols is 1. The Balaban J connectivity index is 1.82. The molecule has 0 aliphatic rings. The standard InChI is InChI=1S/C23H18N2O2/c26-22-14-4-3-13-21(22)25(16-18-10-5-6-15-24-18)23(27)20-12-7-9-17-8-1-2-11-19(17)20/h1-15,26H,16H2. The van der Waals surface area contributed by atoms with Gasteiger partial charge in [-0.05, 0) is 41.1 Å². The van der Waals surface area contributed by atoms with Crippen LogP contribution in [-0.2, 0) is 6.54 Å². The van der Waals surface area contributed by atoms with Crippen LogP contribution in [0.15, 0.2) is 91.1 Å². The SMILES string of the molecule is O=C(c1cccc2ccccc12)N(Cc1ccccn1)c1ccccc1O. The van der Waals surface area contributed by atoms with E-state index in [1.165, 1.54) is 0 Å². The molecule has 4 nitrogen and oxygen atoms in total. The van der Waals surface area contributed by atoms with E-state index >= 15 is 0 Å². The highest BCUT2D eigenvalue weighted by Crippen LogP contribution is 2.30. The molecule has 0 saturated carbocycles. The molecule has 1 heterocycles. The van der Waals surface area contributed by atoms with Crippen molar-refractivity contribution in [3.63, 3.8) is 0 Å². The van der Waals surface area contributed by atoms with Crippen molar-refractivity contribution < 1.29 is 9.90 Å². The first-order chi connectivity index (χ1) is 13.2. The number of benzene rings is 3. The van der Waals surface area contributed by atoms with E-state index in [4.69, 9.17) is 0 Å². The summed E-state index contributed by atoms with van der Waals surface area (Å²) in [6.45, 7) is 0.264. The molecule has 4 rings (SSSR count). The summed E-state index contributed by atoms with van der Waals surface area (Å²) in [5, 5.41) is 12.2. The van der Waals surface area contributed by atoms with E-state index in [1.807, 2.05) is 60.7 Å². The zero-order valence-corrected chi connectivity index (χ0v) is 14.6. The van der Waals surface area contributed by atoms with Gasteiger partial charge in [0.25, 0.3) is 5.91 Å². The Kier molecular flexibility index (Phi) is 4.54. The molecule has 0 saturated heterocycles. The van der Waals surface area contributed by atoms with Gasteiger partial charge in [0.05, 0.1) is 17.9 Å². The van der Waals surface area contributed by atoms with E-state index in [9.17, 15) is 9.90 Å². The fourth-order valence-corrected chi connectivity index (χ4v) is 3.17. The van der Waals surface area contributed by atoms with Crippen LogP contribution in [0, 0.1) is 0 Å². The smallest absolute Gasteiger partial charge is 0.259 e. The van der Waals surface area contributed by atoms with Crippen molar-refractivity contribution >= 4 is 22.4 Å². The molecule has 0 spiro atoms. The van der Waals surface area contributed by atoms with Gasteiger partial charge in [0.15, 0.2) is 0 Å². The largest absolute Gasteiger partial charge is 0.506 e. The molecule has 0 aliphatic heterocycles. The average molecular weight is 354 g/mol. The van der Waals surface area contributed by atoms with E-state index in [0.29, 0.717) is 11.3 Å². The summed E-state index contributed by atoms with van der Waals surface area (Å²) >= 11 is 0. The fraction of sp³-hybridized carbons (Fsp3) is 0.0435. The number of para-hydroxylation sites is 2. The number of pyridine rings is 1. The molecule has 132 valence electrons. The summed E-state index contributed by atoms with van der Waals surface area (Å²) < 4.78 is 0. The Morgan fingerprint density at radius 3 is 2.41 bits per heavy atom. The number of aromatic hydroxyl groups is 1. The monoisotopic (exact) mass is 354 g/mol. The van der Waals surface area contributed by atoms with Crippen molar-refractivity contribution in [3.05, 3.63) is 102 Å². The molecule has 4 heteroatoms. The lowest BCUT2D eigenvalue weighted by Gasteiger charge is -2.24. The van der Waals surface area contributed by atoms with Crippen molar-refractivity contribution in [2.24, 2.45) is 0 Å². The number of carbonyl (C=O) groups is 1. The van der Waals surface area contributed by atoms with Crippen molar-refractivity contribution in [2.45, 2.75) is 6.54 Å². The van der Waals surface area contributed by atoms with Gasteiger partial charge >= 0.3 is 0 Å². The lowest BCUT2D eigenvalue weighted by Crippen LogP contribution is -2.31. The summed E-state index contributed by atoms with van der Waals surface area (Å²) in [7, 11) is 0. The number of hydrogen-bond acceptors (Lipinski definition) is 3. The topological polar surface area (TPSA) is 53.4 Å². The van der Waals surface area contributed by atoms with Crippen LogP contribution in [0.2, 0.25) is 0 Å². The highest BCUT2D eigenvalue weighted by Gasteiger charge is 2.22. The number of fused-ring (bicyclic) bond motifs is 1. The molecule has 0 fully saturated rings. The van der Waals surface area contributed by atoms with Gasteiger partial charge in [-0.2, -0.15) is 0 Å². The minimum Gasteiger partial charge on any atom is -0.506 e. The normalized spacial score (nSPS) is 10.7. The van der Waals surface area contributed by atoms with Gasteiger partial charge < -0.3 is 5.11 Å². The second-order valence-corrected chi connectivity index (χ2v) is 6.23. The Morgan fingerprint density at radius 1 is 0.852 bits per heavy atom. The molecular weight excluding hydrogens is 336 g/mol. The van der Waals surface area contributed by atoms with Crippen molar-refractivity contribution in [3.8, 4) is 5.75 Å². The Labute approximate surface area is 157 Å². The highest BCUT2D eigenvalue weighted by molar-refractivity contribution is 6.14. The molecule has 4 aromatic rings. The van der Waals surface area contributed by atoms with Crippen LogP contribution in [0.5, 0.6) is 5.75 Å². The zero-order valence-electron chi connectivity index (χ0n) is 14.6. The summed E-state index contributed by atoms with van der Waals surface area (Å²) in [4.78, 5) is 19.4. The molecule has 0 unspecified atom stereocenters. The number of nitrogens with zero attached hydrogens (tertiary/aromatic N) is 2. The maximum absolute atomic E-state index is 13.5. The van der Waals surface area contributed by atoms with Gasteiger partial charge in [0.2, 0.25) is 0 Å². The van der Waals surface area contributed by atoms with Crippen LogP contribution in [0.4, 0.5) is 5.69 Å². The quantitative estimate of drug-likeness (QED) is 0.573. The number of amides is 1. The lowest BCUT2D eigenvalue weighted by atomic mass is 10.0. The first-order valence-corrected chi connectivity index (χ1v) is 8.71. The van der Waals surface area contributed by atoms with Gasteiger partial charge in [0, 0.05) is 11.8 Å². The third-order valence-electron chi connectivity index (χ3n) is 4.48. The second kappa shape index (κ2) is 7.30. The predicted octanol–water partition coefficient (Wildman–Crippen LogP) is 4.79. The molecule has 0 aliphatic carbocycles. The maximum atomic E-state index is 13.5. The minimum atomic E-state index is -0.182. The maximum Gasteiger partial charge on any atom is 0.259 e. The molecule has 27 heavy (non-hydrogen) atoms. The molecule has 1 amide bonds.